The topological polar surface area (TPSA) is 41.6 Å². The van der Waals surface area contributed by atoms with Crippen LogP contribution < -0.4 is 0 Å². The molecule has 4 heteroatoms. The van der Waals surface area contributed by atoms with Crippen molar-refractivity contribution in [2.45, 2.75) is 13.8 Å². The molecule has 1 aromatic heterocycles. The van der Waals surface area contributed by atoms with Crippen LogP contribution >= 0.6 is 11.6 Å². The molecule has 0 N–H and O–H groups in total. The lowest BCUT2D eigenvalue weighted by Crippen LogP contribution is -1.98. The van der Waals surface area contributed by atoms with Gasteiger partial charge >= 0.3 is 0 Å². The second kappa shape index (κ2) is 3.99. The molecule has 0 atom stereocenters. The molecular formula is C12H10ClN3. The van der Waals surface area contributed by atoms with Gasteiger partial charge in [0.2, 0.25) is 0 Å². The standard InChI is InChI=1S/C12H10ClN3/c1-8-3-4-11(12(13)9(8)2)16-6-5-10(7-14)15-16/h3-6H,1-2H3. The van der Waals surface area contributed by atoms with Crippen molar-refractivity contribution in [3.8, 4) is 11.8 Å². The Kier molecular flexibility index (Phi) is 2.67. The molecule has 2 aromatic rings. The number of hydrogen-bond acceptors (Lipinski definition) is 2. The average molecular weight is 232 g/mol. The predicted molar refractivity (Wildman–Crippen MR) is 62.8 cm³/mol. The number of halogens is 1. The van der Waals surface area contributed by atoms with Crippen LogP contribution in [0.15, 0.2) is 24.4 Å². The van der Waals surface area contributed by atoms with E-state index in [1.807, 2.05) is 32.0 Å². The van der Waals surface area contributed by atoms with Crippen molar-refractivity contribution in [3.05, 3.63) is 46.2 Å². The zero-order valence-electron chi connectivity index (χ0n) is 9.03. The highest BCUT2D eigenvalue weighted by Crippen LogP contribution is 2.26. The van der Waals surface area contributed by atoms with Gasteiger partial charge in [-0.05, 0) is 37.1 Å². The molecule has 0 aliphatic heterocycles. The lowest BCUT2D eigenvalue weighted by molar-refractivity contribution is 0.871. The van der Waals surface area contributed by atoms with E-state index in [0.29, 0.717) is 10.7 Å². The molecular weight excluding hydrogens is 222 g/mol. The summed E-state index contributed by atoms with van der Waals surface area (Å²) in [5.74, 6) is 0. The van der Waals surface area contributed by atoms with Crippen LogP contribution in [0.1, 0.15) is 16.8 Å². The van der Waals surface area contributed by atoms with Crippen molar-refractivity contribution in [3.63, 3.8) is 0 Å². The van der Waals surface area contributed by atoms with Crippen LogP contribution in [0.5, 0.6) is 0 Å². The fraction of sp³-hybridized carbons (Fsp3) is 0.167. The van der Waals surface area contributed by atoms with E-state index in [4.69, 9.17) is 16.9 Å². The Labute approximate surface area is 98.9 Å². The Balaban J connectivity index is 2.57. The molecule has 0 unspecified atom stereocenters. The van der Waals surface area contributed by atoms with Crippen LogP contribution in [0.4, 0.5) is 0 Å². The number of aryl methyl sites for hydroxylation is 1. The maximum absolute atomic E-state index is 8.71. The van der Waals surface area contributed by atoms with Crippen molar-refractivity contribution in [2.24, 2.45) is 0 Å². The van der Waals surface area contributed by atoms with Gasteiger partial charge in [0, 0.05) is 6.20 Å². The van der Waals surface area contributed by atoms with Gasteiger partial charge in [-0.25, -0.2) is 4.68 Å². The van der Waals surface area contributed by atoms with Crippen LogP contribution in [0, 0.1) is 25.2 Å². The minimum Gasteiger partial charge on any atom is -0.238 e. The van der Waals surface area contributed by atoms with Gasteiger partial charge in [-0.1, -0.05) is 17.7 Å². The average Bonchev–Trinajstić information content (AvgIpc) is 2.74. The fourth-order valence-electron chi connectivity index (χ4n) is 1.46. The van der Waals surface area contributed by atoms with Gasteiger partial charge in [-0.15, -0.1) is 0 Å². The Morgan fingerprint density at radius 2 is 2.06 bits per heavy atom. The minimum absolute atomic E-state index is 0.384. The van der Waals surface area contributed by atoms with Crippen molar-refractivity contribution in [1.29, 1.82) is 5.26 Å². The normalized spacial score (nSPS) is 10.1. The lowest BCUT2D eigenvalue weighted by atomic mass is 10.1. The molecule has 0 aliphatic rings. The van der Waals surface area contributed by atoms with Gasteiger partial charge in [-0.2, -0.15) is 10.4 Å². The Morgan fingerprint density at radius 3 is 2.69 bits per heavy atom. The maximum atomic E-state index is 8.71. The highest BCUT2D eigenvalue weighted by Gasteiger charge is 2.08. The number of nitriles is 1. The van der Waals surface area contributed by atoms with Gasteiger partial charge in [-0.3, -0.25) is 0 Å². The molecule has 0 spiro atoms. The number of benzene rings is 1. The van der Waals surface area contributed by atoms with Crippen molar-refractivity contribution < 1.29 is 0 Å². The summed E-state index contributed by atoms with van der Waals surface area (Å²) in [6.07, 6.45) is 1.73. The van der Waals surface area contributed by atoms with Gasteiger partial charge in [0.1, 0.15) is 6.07 Å². The molecule has 80 valence electrons. The summed E-state index contributed by atoms with van der Waals surface area (Å²) in [5, 5.41) is 13.5. The monoisotopic (exact) mass is 231 g/mol. The van der Waals surface area contributed by atoms with E-state index in [-0.39, 0.29) is 0 Å². The van der Waals surface area contributed by atoms with Crippen molar-refractivity contribution in [2.75, 3.05) is 0 Å². The van der Waals surface area contributed by atoms with E-state index in [2.05, 4.69) is 5.10 Å². The Morgan fingerprint density at radius 1 is 1.31 bits per heavy atom. The van der Waals surface area contributed by atoms with Crippen molar-refractivity contribution in [1.82, 2.24) is 9.78 Å². The molecule has 0 aliphatic carbocycles. The fourth-order valence-corrected chi connectivity index (χ4v) is 1.76. The van der Waals surface area contributed by atoms with Gasteiger partial charge < -0.3 is 0 Å². The van der Waals surface area contributed by atoms with Crippen LogP contribution in [0.3, 0.4) is 0 Å². The van der Waals surface area contributed by atoms with Gasteiger partial charge in [0.15, 0.2) is 5.69 Å². The first kappa shape index (κ1) is 10.7. The highest BCUT2D eigenvalue weighted by molar-refractivity contribution is 6.33. The van der Waals surface area contributed by atoms with E-state index >= 15 is 0 Å². The van der Waals surface area contributed by atoms with Crippen LogP contribution in [0.2, 0.25) is 5.02 Å². The zero-order valence-corrected chi connectivity index (χ0v) is 9.78. The number of rotatable bonds is 1. The zero-order chi connectivity index (χ0) is 11.7. The molecule has 0 amide bonds. The lowest BCUT2D eigenvalue weighted by Gasteiger charge is -2.08. The van der Waals surface area contributed by atoms with E-state index in [1.54, 1.807) is 16.9 Å². The second-order valence-corrected chi connectivity index (χ2v) is 3.98. The minimum atomic E-state index is 0.384. The van der Waals surface area contributed by atoms with Gasteiger partial charge in [0.05, 0.1) is 10.7 Å². The van der Waals surface area contributed by atoms with E-state index in [1.165, 1.54) is 0 Å². The molecule has 2 rings (SSSR count). The third-order valence-corrected chi connectivity index (χ3v) is 3.06. The summed E-state index contributed by atoms with van der Waals surface area (Å²) in [7, 11) is 0. The summed E-state index contributed by atoms with van der Waals surface area (Å²) in [5.41, 5.74) is 3.36. The maximum Gasteiger partial charge on any atom is 0.162 e. The molecule has 1 aromatic carbocycles. The first-order valence-corrected chi connectivity index (χ1v) is 5.23. The summed E-state index contributed by atoms with van der Waals surface area (Å²) in [6.45, 7) is 3.98. The molecule has 0 saturated heterocycles. The number of hydrogen-bond donors (Lipinski definition) is 0. The number of aromatic nitrogens is 2. The smallest absolute Gasteiger partial charge is 0.162 e. The highest BCUT2D eigenvalue weighted by atomic mass is 35.5. The van der Waals surface area contributed by atoms with Gasteiger partial charge in [0.25, 0.3) is 0 Å². The molecule has 0 radical (unpaired) electrons. The summed E-state index contributed by atoms with van der Waals surface area (Å²) >= 11 is 6.24. The van der Waals surface area contributed by atoms with E-state index in [9.17, 15) is 0 Å². The van der Waals surface area contributed by atoms with E-state index < -0.39 is 0 Å². The van der Waals surface area contributed by atoms with Crippen molar-refractivity contribution >= 4 is 11.6 Å². The Bertz CT molecular complexity index is 578. The second-order valence-electron chi connectivity index (χ2n) is 3.60. The summed E-state index contributed by atoms with van der Waals surface area (Å²) in [4.78, 5) is 0. The Hall–Kier alpha value is -1.79. The quantitative estimate of drug-likeness (QED) is 0.757. The van der Waals surface area contributed by atoms with Crippen LogP contribution in [-0.4, -0.2) is 9.78 Å². The third kappa shape index (κ3) is 1.68. The molecule has 0 fully saturated rings. The van der Waals surface area contributed by atoms with Crippen LogP contribution in [0.25, 0.3) is 5.69 Å². The molecule has 1 heterocycles. The molecule has 0 bridgehead atoms. The first-order valence-electron chi connectivity index (χ1n) is 4.85. The molecule has 16 heavy (non-hydrogen) atoms. The summed E-state index contributed by atoms with van der Waals surface area (Å²) in [6, 6.07) is 7.54. The third-order valence-electron chi connectivity index (χ3n) is 2.59. The van der Waals surface area contributed by atoms with E-state index in [0.717, 1.165) is 16.8 Å². The molecule has 0 saturated carbocycles. The SMILES string of the molecule is Cc1ccc(-n2ccc(C#N)n2)c(Cl)c1C. The predicted octanol–water partition coefficient (Wildman–Crippen LogP) is 3.01. The first-order chi connectivity index (χ1) is 7.63. The van der Waals surface area contributed by atoms with Crippen LogP contribution in [-0.2, 0) is 0 Å². The number of nitrogens with zero attached hydrogens (tertiary/aromatic N) is 3. The summed E-state index contributed by atoms with van der Waals surface area (Å²) < 4.78 is 1.62. The largest absolute Gasteiger partial charge is 0.238 e. The molecule has 3 nitrogen and oxygen atoms in total.